The number of carbonyl (C=O) groups excluding carboxylic acids is 3. The molecule has 4 N–H and O–H groups in total. The fraction of sp³-hybridized carbons (Fsp3) is 0.488. The molecular formula is C43H58N4O8. The maximum absolute atomic E-state index is 14.4. The highest BCUT2D eigenvalue weighted by atomic mass is 16.5. The maximum Gasteiger partial charge on any atom is 0.408 e. The lowest BCUT2D eigenvalue weighted by atomic mass is 9.86. The predicted molar refractivity (Wildman–Crippen MR) is 211 cm³/mol. The lowest BCUT2D eigenvalue weighted by molar-refractivity contribution is -0.141. The minimum Gasteiger partial charge on any atom is -0.497 e. The predicted octanol–water partition coefficient (Wildman–Crippen LogP) is 4.72. The van der Waals surface area contributed by atoms with Crippen LogP contribution in [-0.2, 0) is 38.4 Å². The fourth-order valence-corrected chi connectivity index (χ4v) is 7.08. The molecule has 0 aromatic heterocycles. The highest BCUT2D eigenvalue weighted by Gasteiger charge is 2.40. The molecule has 4 rings (SSSR count). The molecule has 0 aliphatic carbocycles. The molecule has 55 heavy (non-hydrogen) atoms. The third kappa shape index (κ3) is 12.5. The molecule has 1 aliphatic heterocycles. The Labute approximate surface area is 325 Å². The molecule has 298 valence electrons. The van der Waals surface area contributed by atoms with Crippen LogP contribution in [0.4, 0.5) is 4.79 Å². The smallest absolute Gasteiger partial charge is 0.408 e. The van der Waals surface area contributed by atoms with Crippen LogP contribution in [-0.4, -0.2) is 107 Å². The van der Waals surface area contributed by atoms with E-state index in [1.54, 1.807) is 44.9 Å². The van der Waals surface area contributed by atoms with Gasteiger partial charge in [-0.3, -0.25) is 19.3 Å². The molecule has 1 aliphatic rings. The highest BCUT2D eigenvalue weighted by molar-refractivity contribution is 5.93. The van der Waals surface area contributed by atoms with Crippen LogP contribution in [0, 0.1) is 11.8 Å². The van der Waals surface area contributed by atoms with Gasteiger partial charge >= 0.3 is 6.09 Å². The van der Waals surface area contributed by atoms with E-state index in [-0.39, 0.29) is 37.5 Å². The second-order valence-electron chi connectivity index (χ2n) is 15.6. The van der Waals surface area contributed by atoms with Crippen LogP contribution in [0.15, 0.2) is 84.9 Å². The van der Waals surface area contributed by atoms with Gasteiger partial charge in [-0.25, -0.2) is 4.79 Å². The number of nitrogens with one attached hydrogen (secondary N) is 2. The number of ether oxygens (including phenoxy) is 2. The molecular weight excluding hydrogens is 700 g/mol. The van der Waals surface area contributed by atoms with Crippen LogP contribution in [0.2, 0.25) is 0 Å². The molecule has 12 nitrogen and oxygen atoms in total. The normalized spacial score (nSPS) is 16.0. The second-order valence-corrected chi connectivity index (χ2v) is 15.6. The molecule has 1 heterocycles. The highest BCUT2D eigenvalue weighted by Crippen LogP contribution is 2.27. The van der Waals surface area contributed by atoms with Gasteiger partial charge in [-0.1, -0.05) is 86.6 Å². The fourth-order valence-electron chi connectivity index (χ4n) is 7.08. The maximum atomic E-state index is 14.4. The first kappa shape index (κ1) is 42.8. The molecule has 0 spiro atoms. The monoisotopic (exact) mass is 758 g/mol. The summed E-state index contributed by atoms with van der Waals surface area (Å²) in [5.41, 5.74) is 1.65. The Hall–Kier alpha value is -4.94. The van der Waals surface area contributed by atoms with Crippen LogP contribution >= 0.6 is 0 Å². The summed E-state index contributed by atoms with van der Waals surface area (Å²) in [6, 6.07) is 23.3. The lowest BCUT2D eigenvalue weighted by Gasteiger charge is -2.42. The Kier molecular flexibility index (Phi) is 15.7. The minimum atomic E-state index is -1.25. The van der Waals surface area contributed by atoms with E-state index in [1.165, 1.54) is 4.90 Å². The van der Waals surface area contributed by atoms with Crippen LogP contribution in [0.25, 0.3) is 0 Å². The number of aliphatic hydroxyl groups is 1. The molecule has 1 saturated heterocycles. The molecule has 0 bridgehead atoms. The molecule has 0 unspecified atom stereocenters. The third-order valence-electron chi connectivity index (χ3n) is 10.00. The van der Waals surface area contributed by atoms with E-state index >= 15 is 0 Å². The quantitative estimate of drug-likeness (QED) is 0.154. The van der Waals surface area contributed by atoms with Crippen molar-refractivity contribution >= 4 is 23.8 Å². The Morgan fingerprint density at radius 1 is 0.800 bits per heavy atom. The van der Waals surface area contributed by atoms with Gasteiger partial charge in [0.2, 0.25) is 17.7 Å². The van der Waals surface area contributed by atoms with Crippen molar-refractivity contribution in [1.29, 1.82) is 0 Å². The average Bonchev–Trinajstić information content (AvgIpc) is 3.16. The van der Waals surface area contributed by atoms with Crippen molar-refractivity contribution in [3.63, 3.8) is 0 Å². The number of aliphatic hydroxyl groups excluding tert-OH is 1. The van der Waals surface area contributed by atoms with Crippen LogP contribution < -0.4 is 15.4 Å². The van der Waals surface area contributed by atoms with Gasteiger partial charge in [0.1, 0.15) is 17.8 Å². The largest absolute Gasteiger partial charge is 0.497 e. The molecule has 4 amide bonds. The van der Waals surface area contributed by atoms with Crippen molar-refractivity contribution in [2.75, 3.05) is 33.4 Å². The first-order chi connectivity index (χ1) is 26.2. The van der Waals surface area contributed by atoms with E-state index < -0.39 is 53.6 Å². The minimum absolute atomic E-state index is 0.0895. The Morgan fingerprint density at radius 2 is 1.35 bits per heavy atom. The number of hydrogen-bond donors (Lipinski definition) is 4. The summed E-state index contributed by atoms with van der Waals surface area (Å²) < 4.78 is 10.8. The van der Waals surface area contributed by atoms with Crippen LogP contribution in [0.3, 0.4) is 0 Å². The molecule has 3 aromatic rings. The van der Waals surface area contributed by atoms with Gasteiger partial charge in [-0.15, -0.1) is 0 Å². The number of carbonyl (C=O) groups is 4. The first-order valence-corrected chi connectivity index (χ1v) is 19.1. The van der Waals surface area contributed by atoms with E-state index in [4.69, 9.17) is 9.47 Å². The summed E-state index contributed by atoms with van der Waals surface area (Å²) in [7, 11) is 1.56. The zero-order chi connectivity index (χ0) is 40.1. The van der Waals surface area contributed by atoms with Crippen molar-refractivity contribution in [2.24, 2.45) is 11.8 Å². The van der Waals surface area contributed by atoms with Gasteiger partial charge in [-0.2, -0.15) is 0 Å². The van der Waals surface area contributed by atoms with Crippen molar-refractivity contribution in [3.05, 3.63) is 102 Å². The van der Waals surface area contributed by atoms with Gasteiger partial charge < -0.3 is 35.2 Å². The SMILES string of the molecule is COc1ccc(C[C@H](C[C@H](O)[C@H](Cc2ccccc2)N(C(=O)O)C(C)(C)C)C(=O)N[C@H](C(=O)N[C@@H](Cc2ccccc2)C(=O)N2CCOCC2)C(C)C)cc1. The van der Waals surface area contributed by atoms with Crippen molar-refractivity contribution in [1.82, 2.24) is 20.4 Å². The Morgan fingerprint density at radius 3 is 1.85 bits per heavy atom. The van der Waals surface area contributed by atoms with Crippen molar-refractivity contribution in [3.8, 4) is 5.75 Å². The Bertz CT molecular complexity index is 1670. The summed E-state index contributed by atoms with van der Waals surface area (Å²) in [5, 5.41) is 28.3. The Balaban J connectivity index is 1.63. The van der Waals surface area contributed by atoms with Crippen LogP contribution in [0.1, 0.15) is 57.7 Å². The number of nitrogens with zero attached hydrogens (tertiary/aromatic N) is 2. The van der Waals surface area contributed by atoms with E-state index in [9.17, 15) is 29.4 Å². The number of hydrogen-bond acceptors (Lipinski definition) is 7. The molecule has 0 saturated carbocycles. The number of morpholine rings is 1. The van der Waals surface area contributed by atoms with Gasteiger partial charge in [0.25, 0.3) is 0 Å². The number of methoxy groups -OCH3 is 1. The van der Waals surface area contributed by atoms with E-state index in [0.717, 1.165) is 16.7 Å². The number of amides is 4. The zero-order valence-corrected chi connectivity index (χ0v) is 32.9. The van der Waals surface area contributed by atoms with Gasteiger partial charge in [-0.05, 0) is 74.8 Å². The summed E-state index contributed by atoms with van der Waals surface area (Å²) >= 11 is 0. The van der Waals surface area contributed by atoms with Gasteiger partial charge in [0, 0.05) is 31.0 Å². The molecule has 5 atom stereocenters. The molecule has 3 aromatic carbocycles. The van der Waals surface area contributed by atoms with Gasteiger partial charge in [0.05, 0.1) is 32.5 Å². The first-order valence-electron chi connectivity index (χ1n) is 19.1. The number of benzene rings is 3. The van der Waals surface area contributed by atoms with E-state index in [0.29, 0.717) is 32.1 Å². The van der Waals surface area contributed by atoms with Crippen molar-refractivity contribution in [2.45, 2.75) is 90.1 Å². The average molecular weight is 759 g/mol. The summed E-state index contributed by atoms with van der Waals surface area (Å²) in [5.74, 6) is -1.77. The van der Waals surface area contributed by atoms with Crippen LogP contribution in [0.5, 0.6) is 5.75 Å². The standard InChI is InChI=1S/C43H58N4O8/c1-29(2)38(40(50)44-35(26-30-13-9-7-10-14-30)41(51)46-21-23-55-24-22-46)45-39(49)33(25-32-17-19-34(54-6)20-18-32)28-37(48)36(27-31-15-11-8-12-16-31)47(42(52)53)43(3,4)5/h7-20,29,33,35-38,48H,21-28H2,1-6H3,(H,44,50)(H,45,49)(H,52,53)/t33-,35+,36+,37+,38+/m1/s1. The molecule has 0 radical (unpaired) electrons. The van der Waals surface area contributed by atoms with Gasteiger partial charge in [0.15, 0.2) is 0 Å². The molecule has 1 fully saturated rings. The number of rotatable bonds is 17. The second kappa shape index (κ2) is 20.1. The topological polar surface area (TPSA) is 158 Å². The third-order valence-corrected chi connectivity index (χ3v) is 10.00. The van der Waals surface area contributed by atoms with E-state index in [1.807, 2.05) is 86.6 Å². The van der Waals surface area contributed by atoms with Crippen molar-refractivity contribution < 1.29 is 38.9 Å². The summed E-state index contributed by atoms with van der Waals surface area (Å²) in [6.45, 7) is 10.6. The zero-order valence-electron chi connectivity index (χ0n) is 32.9. The number of carboxylic acid groups (broad SMARTS) is 1. The summed E-state index contributed by atoms with van der Waals surface area (Å²) in [4.78, 5) is 58.0. The van der Waals surface area contributed by atoms with E-state index in [2.05, 4.69) is 10.6 Å². The summed E-state index contributed by atoms with van der Waals surface area (Å²) in [6.07, 6.45) is -1.83. The molecule has 12 heteroatoms. The lowest BCUT2D eigenvalue weighted by Crippen LogP contribution is -2.58.